The van der Waals surface area contributed by atoms with Gasteiger partial charge in [0, 0.05) is 5.56 Å². The first kappa shape index (κ1) is 17.7. The van der Waals surface area contributed by atoms with Crippen LogP contribution in [0.1, 0.15) is 16.7 Å². The maximum atomic E-state index is 13.2. The van der Waals surface area contributed by atoms with Gasteiger partial charge in [0.05, 0.1) is 12.8 Å². The third-order valence-electron chi connectivity index (χ3n) is 4.60. The molecule has 4 rings (SSSR count). The lowest BCUT2D eigenvalue weighted by Gasteiger charge is -2.18. The number of ether oxygens (including phenoxy) is 1. The second kappa shape index (κ2) is 7.53. The minimum Gasteiger partial charge on any atom is -0.497 e. The van der Waals surface area contributed by atoms with Crippen LogP contribution in [0.5, 0.6) is 5.75 Å². The number of benzene rings is 3. The molecule has 1 aliphatic heterocycles. The van der Waals surface area contributed by atoms with Crippen LogP contribution in [0.15, 0.2) is 89.6 Å². The molecule has 1 heterocycles. The van der Waals surface area contributed by atoms with Crippen molar-refractivity contribution >= 4 is 23.5 Å². The van der Waals surface area contributed by atoms with Crippen molar-refractivity contribution in [2.75, 3.05) is 12.0 Å². The quantitative estimate of drug-likeness (QED) is 0.619. The van der Waals surface area contributed by atoms with Crippen molar-refractivity contribution in [3.63, 3.8) is 0 Å². The maximum absolute atomic E-state index is 13.2. The Morgan fingerprint density at radius 2 is 1.57 bits per heavy atom. The number of rotatable bonds is 4. The van der Waals surface area contributed by atoms with Crippen molar-refractivity contribution in [1.82, 2.24) is 0 Å². The first-order valence-electron chi connectivity index (χ1n) is 9.07. The summed E-state index contributed by atoms with van der Waals surface area (Å²) in [4.78, 5) is 19.6. The fourth-order valence-electron chi connectivity index (χ4n) is 3.09. The summed E-state index contributed by atoms with van der Waals surface area (Å²) in [7, 11) is 1.63. The van der Waals surface area contributed by atoms with E-state index >= 15 is 0 Å². The number of carbonyl (C=O) groups is 1. The molecule has 0 saturated carbocycles. The van der Waals surface area contributed by atoms with E-state index in [4.69, 9.17) is 4.74 Å². The molecule has 0 radical (unpaired) electrons. The molecule has 4 nitrogen and oxygen atoms in total. The van der Waals surface area contributed by atoms with Crippen LogP contribution in [0.3, 0.4) is 0 Å². The Kier molecular flexibility index (Phi) is 4.77. The van der Waals surface area contributed by atoms with Gasteiger partial charge in [-0.3, -0.25) is 9.69 Å². The Balaban J connectivity index is 1.78. The number of carbonyl (C=O) groups excluding carboxylic acids is 1. The standard InChI is InChI=1S/C24H20N2O2/c1-17-8-12-20(13-9-17)26-23(19-6-4-3-5-7-19)25-22(24(26)27)16-18-10-14-21(28-2)15-11-18/h3-16H,1-2H3/b22-16+. The van der Waals surface area contributed by atoms with Crippen LogP contribution >= 0.6 is 0 Å². The van der Waals surface area contributed by atoms with Gasteiger partial charge in [0.15, 0.2) is 0 Å². The topological polar surface area (TPSA) is 41.9 Å². The van der Waals surface area contributed by atoms with E-state index < -0.39 is 0 Å². The molecule has 0 spiro atoms. The Hall–Kier alpha value is -3.66. The van der Waals surface area contributed by atoms with E-state index in [0.29, 0.717) is 11.5 Å². The van der Waals surface area contributed by atoms with E-state index in [-0.39, 0.29) is 5.91 Å². The van der Waals surface area contributed by atoms with Crippen molar-refractivity contribution in [2.45, 2.75) is 6.92 Å². The maximum Gasteiger partial charge on any atom is 0.282 e. The van der Waals surface area contributed by atoms with Crippen LogP contribution in [-0.4, -0.2) is 18.9 Å². The molecule has 3 aromatic rings. The highest BCUT2D eigenvalue weighted by molar-refractivity contribution is 6.33. The van der Waals surface area contributed by atoms with Crippen LogP contribution in [0.4, 0.5) is 5.69 Å². The van der Waals surface area contributed by atoms with Crippen LogP contribution in [0.25, 0.3) is 6.08 Å². The van der Waals surface area contributed by atoms with Crippen LogP contribution in [0, 0.1) is 6.92 Å². The summed E-state index contributed by atoms with van der Waals surface area (Å²) in [5.41, 5.74) is 4.14. The molecule has 0 saturated heterocycles. The molecule has 3 aromatic carbocycles. The highest BCUT2D eigenvalue weighted by Crippen LogP contribution is 2.28. The molecule has 0 aromatic heterocycles. The molecule has 28 heavy (non-hydrogen) atoms. The summed E-state index contributed by atoms with van der Waals surface area (Å²) >= 11 is 0. The molecular weight excluding hydrogens is 348 g/mol. The first-order valence-corrected chi connectivity index (χ1v) is 9.07. The average molecular weight is 368 g/mol. The van der Waals surface area contributed by atoms with E-state index in [9.17, 15) is 4.79 Å². The predicted octanol–water partition coefficient (Wildman–Crippen LogP) is 4.84. The van der Waals surface area contributed by atoms with Crippen molar-refractivity contribution in [1.29, 1.82) is 0 Å². The number of nitrogens with zero attached hydrogens (tertiary/aromatic N) is 2. The van der Waals surface area contributed by atoms with Gasteiger partial charge in [-0.1, -0.05) is 60.2 Å². The molecular formula is C24H20N2O2. The zero-order chi connectivity index (χ0) is 19.5. The molecule has 0 aliphatic carbocycles. The van der Waals surface area contributed by atoms with Crippen LogP contribution < -0.4 is 9.64 Å². The summed E-state index contributed by atoms with van der Waals surface area (Å²) < 4.78 is 5.20. The largest absolute Gasteiger partial charge is 0.497 e. The Labute approximate surface area is 164 Å². The highest BCUT2D eigenvalue weighted by Gasteiger charge is 2.32. The molecule has 1 aliphatic rings. The molecule has 0 unspecified atom stereocenters. The normalized spacial score (nSPS) is 15.1. The van der Waals surface area contributed by atoms with Gasteiger partial charge in [0.25, 0.3) is 5.91 Å². The lowest BCUT2D eigenvalue weighted by molar-refractivity contribution is -0.113. The minimum atomic E-state index is -0.140. The van der Waals surface area contributed by atoms with Crippen molar-refractivity contribution in [2.24, 2.45) is 4.99 Å². The lowest BCUT2D eigenvalue weighted by Crippen LogP contribution is -2.32. The number of hydrogen-bond donors (Lipinski definition) is 0. The fourth-order valence-corrected chi connectivity index (χ4v) is 3.09. The van der Waals surface area contributed by atoms with E-state index in [0.717, 1.165) is 28.1 Å². The van der Waals surface area contributed by atoms with E-state index in [1.165, 1.54) is 0 Å². The van der Waals surface area contributed by atoms with Crippen LogP contribution in [-0.2, 0) is 4.79 Å². The van der Waals surface area contributed by atoms with Crippen LogP contribution in [0.2, 0.25) is 0 Å². The second-order valence-electron chi connectivity index (χ2n) is 6.58. The zero-order valence-corrected chi connectivity index (χ0v) is 15.8. The van der Waals surface area contributed by atoms with Gasteiger partial charge < -0.3 is 4.74 Å². The van der Waals surface area contributed by atoms with E-state index in [1.54, 1.807) is 18.1 Å². The number of amides is 1. The summed E-state index contributed by atoms with van der Waals surface area (Å²) in [6.45, 7) is 2.02. The van der Waals surface area contributed by atoms with Gasteiger partial charge in [0.2, 0.25) is 0 Å². The number of hydrogen-bond acceptors (Lipinski definition) is 3. The first-order chi connectivity index (χ1) is 13.7. The van der Waals surface area contributed by atoms with Gasteiger partial charge >= 0.3 is 0 Å². The number of amidine groups is 1. The summed E-state index contributed by atoms with van der Waals surface area (Å²) in [5, 5.41) is 0. The third-order valence-corrected chi connectivity index (χ3v) is 4.60. The van der Waals surface area contributed by atoms with Crippen molar-refractivity contribution in [3.8, 4) is 5.75 Å². The van der Waals surface area contributed by atoms with Gasteiger partial charge in [-0.25, -0.2) is 4.99 Å². The van der Waals surface area contributed by atoms with Crippen molar-refractivity contribution in [3.05, 3.63) is 101 Å². The zero-order valence-electron chi connectivity index (χ0n) is 15.8. The summed E-state index contributed by atoms with van der Waals surface area (Å²) in [6, 6.07) is 25.2. The Morgan fingerprint density at radius 1 is 0.893 bits per heavy atom. The lowest BCUT2D eigenvalue weighted by atomic mass is 10.1. The van der Waals surface area contributed by atoms with Gasteiger partial charge in [-0.05, 0) is 42.8 Å². The summed E-state index contributed by atoms with van der Waals surface area (Å²) in [5.74, 6) is 1.27. The molecule has 0 atom stereocenters. The molecule has 4 heteroatoms. The molecule has 138 valence electrons. The molecule has 0 N–H and O–H groups in total. The van der Waals surface area contributed by atoms with E-state index in [1.807, 2.05) is 85.8 Å². The Morgan fingerprint density at radius 3 is 2.21 bits per heavy atom. The van der Waals surface area contributed by atoms with Gasteiger partial charge in [-0.15, -0.1) is 0 Å². The predicted molar refractivity (Wildman–Crippen MR) is 113 cm³/mol. The third kappa shape index (κ3) is 3.45. The number of aliphatic imine (C=N–C) groups is 1. The highest BCUT2D eigenvalue weighted by atomic mass is 16.5. The molecule has 0 bridgehead atoms. The minimum absolute atomic E-state index is 0.140. The number of anilines is 1. The smallest absolute Gasteiger partial charge is 0.282 e. The van der Waals surface area contributed by atoms with E-state index in [2.05, 4.69) is 4.99 Å². The average Bonchev–Trinajstić information content (AvgIpc) is 3.06. The number of methoxy groups -OCH3 is 1. The fraction of sp³-hybridized carbons (Fsp3) is 0.0833. The van der Waals surface area contributed by atoms with Crippen molar-refractivity contribution < 1.29 is 9.53 Å². The molecule has 1 amide bonds. The van der Waals surface area contributed by atoms with Gasteiger partial charge in [-0.2, -0.15) is 0 Å². The number of aryl methyl sites for hydroxylation is 1. The SMILES string of the molecule is COc1ccc(/C=C2/N=C(c3ccccc3)N(c3ccc(C)cc3)C2=O)cc1. The monoisotopic (exact) mass is 368 g/mol. The Bertz CT molecular complexity index is 1050. The second-order valence-corrected chi connectivity index (χ2v) is 6.58. The van der Waals surface area contributed by atoms with Gasteiger partial charge in [0.1, 0.15) is 17.3 Å². The summed E-state index contributed by atoms with van der Waals surface area (Å²) in [6.07, 6.45) is 1.80. The molecule has 0 fully saturated rings.